The molecule has 0 aromatic heterocycles. The van der Waals surface area contributed by atoms with Crippen LogP contribution >= 0.6 is 0 Å². The van der Waals surface area contributed by atoms with Gasteiger partial charge in [0, 0.05) is 12.6 Å². The second-order valence-electron chi connectivity index (χ2n) is 4.67. The number of rotatable bonds is 6. The molecule has 0 saturated heterocycles. The van der Waals surface area contributed by atoms with Gasteiger partial charge in [-0.25, -0.2) is 9.59 Å². The van der Waals surface area contributed by atoms with Crippen molar-refractivity contribution >= 4 is 12.0 Å². The SMILES string of the molecule is C=CCN(C(=O)NC(C(=O)O)c1ccccc1)C(C)C. The smallest absolute Gasteiger partial charge is 0.330 e. The number of carbonyl (C=O) groups is 2. The third-order valence-electron chi connectivity index (χ3n) is 2.86. The van der Waals surface area contributed by atoms with Crippen molar-refractivity contribution in [1.82, 2.24) is 10.2 Å². The molecule has 0 aliphatic rings. The van der Waals surface area contributed by atoms with E-state index in [1.807, 2.05) is 13.8 Å². The third-order valence-corrected chi connectivity index (χ3v) is 2.86. The van der Waals surface area contributed by atoms with Crippen molar-refractivity contribution in [3.8, 4) is 0 Å². The molecule has 0 bridgehead atoms. The summed E-state index contributed by atoms with van der Waals surface area (Å²) in [5.41, 5.74) is 0.538. The molecular formula is C15H20N2O3. The molecule has 5 heteroatoms. The van der Waals surface area contributed by atoms with E-state index >= 15 is 0 Å². The first-order valence-corrected chi connectivity index (χ1v) is 6.43. The van der Waals surface area contributed by atoms with Gasteiger partial charge in [0.25, 0.3) is 0 Å². The van der Waals surface area contributed by atoms with Gasteiger partial charge in [0.15, 0.2) is 6.04 Å². The van der Waals surface area contributed by atoms with Crippen LogP contribution in [-0.4, -0.2) is 34.6 Å². The van der Waals surface area contributed by atoms with E-state index in [1.165, 1.54) is 4.90 Å². The molecule has 0 spiro atoms. The maximum absolute atomic E-state index is 12.2. The van der Waals surface area contributed by atoms with Crippen LogP contribution in [-0.2, 0) is 4.79 Å². The van der Waals surface area contributed by atoms with Gasteiger partial charge in [0.1, 0.15) is 0 Å². The van der Waals surface area contributed by atoms with E-state index in [2.05, 4.69) is 11.9 Å². The minimum absolute atomic E-state index is 0.0433. The molecule has 1 atom stereocenters. The van der Waals surface area contributed by atoms with E-state index in [-0.39, 0.29) is 6.04 Å². The number of nitrogens with one attached hydrogen (secondary N) is 1. The van der Waals surface area contributed by atoms with Crippen LogP contribution < -0.4 is 5.32 Å². The monoisotopic (exact) mass is 276 g/mol. The number of carboxylic acid groups (broad SMARTS) is 1. The Bertz CT molecular complexity index is 471. The normalized spacial score (nSPS) is 11.8. The van der Waals surface area contributed by atoms with Gasteiger partial charge in [-0.2, -0.15) is 0 Å². The first-order chi connectivity index (χ1) is 9.47. The van der Waals surface area contributed by atoms with Crippen molar-refractivity contribution in [1.29, 1.82) is 0 Å². The molecular weight excluding hydrogens is 256 g/mol. The van der Waals surface area contributed by atoms with E-state index in [0.717, 1.165) is 0 Å². The van der Waals surface area contributed by atoms with Gasteiger partial charge in [-0.05, 0) is 19.4 Å². The Kier molecular flexibility index (Phi) is 5.77. The lowest BCUT2D eigenvalue weighted by Gasteiger charge is -2.27. The first kappa shape index (κ1) is 15.8. The van der Waals surface area contributed by atoms with E-state index < -0.39 is 18.0 Å². The standard InChI is InChI=1S/C15H20N2O3/c1-4-10-17(11(2)3)15(20)16-13(14(18)19)12-8-6-5-7-9-12/h4-9,11,13H,1,10H2,2-3H3,(H,16,20)(H,18,19). The van der Waals surface area contributed by atoms with Gasteiger partial charge >= 0.3 is 12.0 Å². The van der Waals surface area contributed by atoms with Crippen LogP contribution in [0, 0.1) is 0 Å². The zero-order chi connectivity index (χ0) is 15.1. The lowest BCUT2D eigenvalue weighted by molar-refractivity contribution is -0.139. The van der Waals surface area contributed by atoms with Gasteiger partial charge in [-0.1, -0.05) is 36.4 Å². The van der Waals surface area contributed by atoms with Crippen LogP contribution in [0.5, 0.6) is 0 Å². The van der Waals surface area contributed by atoms with Crippen LogP contribution in [0.3, 0.4) is 0 Å². The van der Waals surface area contributed by atoms with Gasteiger partial charge in [0.2, 0.25) is 0 Å². The van der Waals surface area contributed by atoms with Gasteiger partial charge in [-0.3, -0.25) is 0 Å². The van der Waals surface area contributed by atoms with Crippen molar-refractivity contribution in [2.45, 2.75) is 25.9 Å². The molecule has 0 heterocycles. The molecule has 1 rings (SSSR count). The first-order valence-electron chi connectivity index (χ1n) is 6.43. The Hall–Kier alpha value is -2.30. The van der Waals surface area contributed by atoms with Crippen molar-refractivity contribution in [3.63, 3.8) is 0 Å². The summed E-state index contributed by atoms with van der Waals surface area (Å²) in [6, 6.07) is 7.09. The Morgan fingerprint density at radius 3 is 2.40 bits per heavy atom. The summed E-state index contributed by atoms with van der Waals surface area (Å²) in [5, 5.41) is 11.8. The second-order valence-corrected chi connectivity index (χ2v) is 4.67. The highest BCUT2D eigenvalue weighted by Crippen LogP contribution is 2.13. The summed E-state index contributed by atoms with van der Waals surface area (Å²) < 4.78 is 0. The highest BCUT2D eigenvalue weighted by atomic mass is 16.4. The zero-order valence-electron chi connectivity index (χ0n) is 11.7. The van der Waals surface area contributed by atoms with Crippen LogP contribution in [0.4, 0.5) is 4.79 Å². The van der Waals surface area contributed by atoms with Crippen LogP contribution in [0.1, 0.15) is 25.5 Å². The molecule has 0 aliphatic carbocycles. The topological polar surface area (TPSA) is 69.6 Å². The molecule has 20 heavy (non-hydrogen) atoms. The highest BCUT2D eigenvalue weighted by Gasteiger charge is 2.25. The Morgan fingerprint density at radius 1 is 1.35 bits per heavy atom. The van der Waals surface area contributed by atoms with Crippen molar-refractivity contribution in [3.05, 3.63) is 48.6 Å². The quantitative estimate of drug-likeness (QED) is 0.784. The molecule has 0 saturated carbocycles. The molecule has 0 radical (unpaired) electrons. The van der Waals surface area contributed by atoms with Gasteiger partial charge in [-0.15, -0.1) is 6.58 Å². The van der Waals surface area contributed by atoms with E-state index in [0.29, 0.717) is 12.1 Å². The van der Waals surface area contributed by atoms with Crippen LogP contribution in [0.2, 0.25) is 0 Å². The third kappa shape index (κ3) is 4.12. The summed E-state index contributed by atoms with van der Waals surface area (Å²) in [6.07, 6.45) is 1.61. The fourth-order valence-electron chi connectivity index (χ4n) is 1.81. The second kappa shape index (κ2) is 7.33. The largest absolute Gasteiger partial charge is 0.479 e. The Labute approximate surface area is 118 Å². The van der Waals surface area contributed by atoms with Gasteiger partial charge < -0.3 is 15.3 Å². The molecule has 5 nitrogen and oxygen atoms in total. The summed E-state index contributed by atoms with van der Waals surface area (Å²) in [7, 11) is 0. The molecule has 1 aromatic carbocycles. The summed E-state index contributed by atoms with van der Waals surface area (Å²) >= 11 is 0. The summed E-state index contributed by atoms with van der Waals surface area (Å²) in [5.74, 6) is -1.09. The molecule has 2 amide bonds. The Morgan fingerprint density at radius 2 is 1.95 bits per heavy atom. The number of benzene rings is 1. The number of aliphatic carboxylic acids is 1. The highest BCUT2D eigenvalue weighted by molar-refractivity contribution is 5.83. The van der Waals surface area contributed by atoms with Crippen LogP contribution in [0.15, 0.2) is 43.0 Å². The van der Waals surface area contributed by atoms with E-state index in [1.54, 1.807) is 36.4 Å². The average molecular weight is 276 g/mol. The predicted molar refractivity (Wildman–Crippen MR) is 77.4 cm³/mol. The van der Waals surface area contributed by atoms with Gasteiger partial charge in [0.05, 0.1) is 0 Å². The van der Waals surface area contributed by atoms with E-state index in [4.69, 9.17) is 0 Å². The fourth-order valence-corrected chi connectivity index (χ4v) is 1.81. The average Bonchev–Trinajstić information content (AvgIpc) is 2.42. The van der Waals surface area contributed by atoms with E-state index in [9.17, 15) is 14.7 Å². The minimum Gasteiger partial charge on any atom is -0.479 e. The van der Waals surface area contributed by atoms with Crippen LogP contribution in [0.25, 0.3) is 0 Å². The summed E-state index contributed by atoms with van der Waals surface area (Å²) in [4.78, 5) is 25.0. The lowest BCUT2D eigenvalue weighted by Crippen LogP contribution is -2.46. The number of urea groups is 1. The van der Waals surface area contributed by atoms with Crippen molar-refractivity contribution < 1.29 is 14.7 Å². The number of carbonyl (C=O) groups excluding carboxylic acids is 1. The fraction of sp³-hybridized carbons (Fsp3) is 0.333. The van der Waals surface area contributed by atoms with Crippen molar-refractivity contribution in [2.75, 3.05) is 6.54 Å². The number of hydrogen-bond acceptors (Lipinski definition) is 2. The number of nitrogens with zero attached hydrogens (tertiary/aromatic N) is 1. The zero-order valence-corrected chi connectivity index (χ0v) is 11.7. The Balaban J connectivity index is 2.88. The predicted octanol–water partition coefficient (Wildman–Crippen LogP) is 2.42. The maximum atomic E-state index is 12.2. The molecule has 108 valence electrons. The molecule has 2 N–H and O–H groups in total. The molecule has 1 aromatic rings. The summed E-state index contributed by atoms with van der Waals surface area (Å²) in [6.45, 7) is 7.69. The number of hydrogen-bond donors (Lipinski definition) is 2. The molecule has 1 unspecified atom stereocenters. The lowest BCUT2D eigenvalue weighted by atomic mass is 10.1. The number of carboxylic acids is 1. The minimum atomic E-state index is -1.09. The number of amides is 2. The molecule has 0 aliphatic heterocycles. The molecule has 0 fully saturated rings. The maximum Gasteiger partial charge on any atom is 0.330 e. The van der Waals surface area contributed by atoms with Crippen molar-refractivity contribution in [2.24, 2.45) is 0 Å².